The molecule has 80 valence electrons. The standard InChI is InChI=1S/C11H18O3/c1-7-6-12-9-8(7)10(2)4-5-13-11(10,3)14-9/h7-9H,4-6H2,1-3H3/t7-,8-,9-,10+,11-/m1/s1. The average Bonchev–Trinajstić information content (AvgIpc) is 2.62. The van der Waals surface area contributed by atoms with Crippen LogP contribution in [-0.4, -0.2) is 25.3 Å². The van der Waals surface area contributed by atoms with E-state index in [1.54, 1.807) is 0 Å². The number of hydrogen-bond donors (Lipinski definition) is 0. The van der Waals surface area contributed by atoms with Crippen molar-refractivity contribution in [2.24, 2.45) is 17.3 Å². The second-order valence-electron chi connectivity index (χ2n) is 5.28. The minimum atomic E-state index is -0.406. The Labute approximate surface area is 84.7 Å². The summed E-state index contributed by atoms with van der Waals surface area (Å²) in [7, 11) is 0. The largest absolute Gasteiger partial charge is 0.352 e. The Morgan fingerprint density at radius 2 is 2.07 bits per heavy atom. The van der Waals surface area contributed by atoms with Crippen LogP contribution in [0.4, 0.5) is 0 Å². The van der Waals surface area contributed by atoms with Crippen LogP contribution in [-0.2, 0) is 14.2 Å². The summed E-state index contributed by atoms with van der Waals surface area (Å²) in [6, 6.07) is 0. The first-order valence-corrected chi connectivity index (χ1v) is 5.50. The molecule has 0 N–H and O–H groups in total. The highest BCUT2D eigenvalue weighted by atomic mass is 16.8. The van der Waals surface area contributed by atoms with Crippen molar-refractivity contribution < 1.29 is 14.2 Å². The molecule has 0 amide bonds. The van der Waals surface area contributed by atoms with Crippen LogP contribution in [0, 0.1) is 17.3 Å². The molecule has 3 heteroatoms. The monoisotopic (exact) mass is 198 g/mol. The molecule has 0 aliphatic carbocycles. The van der Waals surface area contributed by atoms with Gasteiger partial charge in [0.2, 0.25) is 0 Å². The molecule has 3 rings (SSSR count). The van der Waals surface area contributed by atoms with Gasteiger partial charge in [-0.2, -0.15) is 0 Å². The van der Waals surface area contributed by atoms with Gasteiger partial charge in [0.1, 0.15) is 0 Å². The molecule has 3 aliphatic rings. The number of rotatable bonds is 0. The molecule has 0 aromatic rings. The van der Waals surface area contributed by atoms with Gasteiger partial charge in [0, 0.05) is 11.3 Å². The van der Waals surface area contributed by atoms with E-state index in [1.165, 1.54) is 0 Å². The van der Waals surface area contributed by atoms with Crippen molar-refractivity contribution in [2.45, 2.75) is 39.3 Å². The lowest BCUT2D eigenvalue weighted by Crippen LogP contribution is -2.41. The van der Waals surface area contributed by atoms with Gasteiger partial charge in [0.15, 0.2) is 12.1 Å². The summed E-state index contributed by atoms with van der Waals surface area (Å²) in [4.78, 5) is 0. The zero-order chi connectivity index (χ0) is 9.97. The molecule has 0 aromatic carbocycles. The average molecular weight is 198 g/mol. The Morgan fingerprint density at radius 1 is 1.29 bits per heavy atom. The third-order valence-electron chi connectivity index (χ3n) is 4.54. The Kier molecular flexibility index (Phi) is 1.64. The minimum absolute atomic E-state index is 0.0275. The van der Waals surface area contributed by atoms with Crippen molar-refractivity contribution in [1.29, 1.82) is 0 Å². The molecule has 0 bridgehead atoms. The number of hydrogen-bond acceptors (Lipinski definition) is 3. The van der Waals surface area contributed by atoms with Gasteiger partial charge in [-0.15, -0.1) is 0 Å². The van der Waals surface area contributed by atoms with E-state index >= 15 is 0 Å². The first kappa shape index (κ1) is 9.13. The molecule has 0 spiro atoms. The van der Waals surface area contributed by atoms with Gasteiger partial charge in [-0.05, 0) is 19.3 Å². The molecule has 3 nitrogen and oxygen atoms in total. The van der Waals surface area contributed by atoms with Crippen LogP contribution in [0.15, 0.2) is 0 Å². The van der Waals surface area contributed by atoms with Crippen molar-refractivity contribution in [3.63, 3.8) is 0 Å². The van der Waals surface area contributed by atoms with Gasteiger partial charge in [0.05, 0.1) is 13.2 Å². The maximum atomic E-state index is 5.93. The van der Waals surface area contributed by atoms with Crippen LogP contribution in [0.25, 0.3) is 0 Å². The van der Waals surface area contributed by atoms with Crippen molar-refractivity contribution in [3.05, 3.63) is 0 Å². The van der Waals surface area contributed by atoms with Crippen molar-refractivity contribution in [2.75, 3.05) is 13.2 Å². The third-order valence-corrected chi connectivity index (χ3v) is 4.54. The zero-order valence-electron chi connectivity index (χ0n) is 9.08. The van der Waals surface area contributed by atoms with Gasteiger partial charge < -0.3 is 14.2 Å². The predicted octanol–water partition coefficient (Wildman–Crippen LogP) is 1.77. The van der Waals surface area contributed by atoms with Crippen LogP contribution in [0.3, 0.4) is 0 Å². The summed E-state index contributed by atoms with van der Waals surface area (Å²) in [6.07, 6.45) is 1.07. The van der Waals surface area contributed by atoms with Crippen molar-refractivity contribution >= 4 is 0 Å². The SMILES string of the molecule is C[C@@H]1CO[C@@H]2O[C@@]3(C)OCC[C@@]3(C)[C@@H]21. The van der Waals surface area contributed by atoms with Gasteiger partial charge >= 0.3 is 0 Å². The normalized spacial score (nSPS) is 61.5. The van der Waals surface area contributed by atoms with Crippen LogP contribution >= 0.6 is 0 Å². The van der Waals surface area contributed by atoms with Crippen LogP contribution in [0.5, 0.6) is 0 Å². The van der Waals surface area contributed by atoms with Crippen LogP contribution in [0.2, 0.25) is 0 Å². The van der Waals surface area contributed by atoms with E-state index in [0.29, 0.717) is 11.8 Å². The smallest absolute Gasteiger partial charge is 0.174 e. The lowest BCUT2D eigenvalue weighted by molar-refractivity contribution is -0.258. The fourth-order valence-corrected chi connectivity index (χ4v) is 3.47. The van der Waals surface area contributed by atoms with Gasteiger partial charge in [0.25, 0.3) is 0 Å². The molecular formula is C11H18O3. The lowest BCUT2D eigenvalue weighted by Gasteiger charge is -2.35. The summed E-state index contributed by atoms with van der Waals surface area (Å²) < 4.78 is 17.3. The van der Waals surface area contributed by atoms with Gasteiger partial charge in [-0.3, -0.25) is 0 Å². The summed E-state index contributed by atoms with van der Waals surface area (Å²) in [5, 5.41) is 0. The highest BCUT2D eigenvalue weighted by Crippen LogP contribution is 2.61. The molecule has 3 fully saturated rings. The molecule has 3 heterocycles. The maximum absolute atomic E-state index is 5.93. The maximum Gasteiger partial charge on any atom is 0.174 e. The summed E-state index contributed by atoms with van der Waals surface area (Å²) in [5.74, 6) is 0.695. The first-order valence-electron chi connectivity index (χ1n) is 5.50. The highest BCUT2D eigenvalue weighted by Gasteiger charge is 2.67. The molecule has 14 heavy (non-hydrogen) atoms. The van der Waals surface area contributed by atoms with Gasteiger partial charge in [-0.1, -0.05) is 13.8 Å². The molecule has 0 aromatic heterocycles. The molecule has 3 aliphatic heterocycles. The lowest BCUT2D eigenvalue weighted by atomic mass is 9.68. The molecule has 5 atom stereocenters. The van der Waals surface area contributed by atoms with Crippen LogP contribution in [0.1, 0.15) is 27.2 Å². The van der Waals surface area contributed by atoms with E-state index < -0.39 is 5.79 Å². The topological polar surface area (TPSA) is 27.7 Å². The van der Waals surface area contributed by atoms with E-state index in [1.807, 2.05) is 0 Å². The Hall–Kier alpha value is -0.120. The fraction of sp³-hybridized carbons (Fsp3) is 1.00. The summed E-state index contributed by atoms with van der Waals surface area (Å²) >= 11 is 0. The number of ether oxygens (including phenoxy) is 3. The molecule has 0 saturated carbocycles. The summed E-state index contributed by atoms with van der Waals surface area (Å²) in [5.41, 5.74) is 0.146. The Balaban J connectivity index is 2.01. The molecular weight excluding hydrogens is 180 g/mol. The number of fused-ring (bicyclic) bond motifs is 3. The van der Waals surface area contributed by atoms with Crippen LogP contribution < -0.4 is 0 Å². The summed E-state index contributed by atoms with van der Waals surface area (Å²) in [6.45, 7) is 8.26. The molecule has 3 saturated heterocycles. The van der Waals surface area contributed by atoms with E-state index in [4.69, 9.17) is 14.2 Å². The second-order valence-corrected chi connectivity index (χ2v) is 5.28. The Bertz CT molecular complexity index is 267. The third kappa shape index (κ3) is 0.841. The Morgan fingerprint density at radius 3 is 2.86 bits per heavy atom. The predicted molar refractivity (Wildman–Crippen MR) is 50.6 cm³/mol. The minimum Gasteiger partial charge on any atom is -0.352 e. The highest BCUT2D eigenvalue weighted by molar-refractivity contribution is 5.06. The van der Waals surface area contributed by atoms with Crippen molar-refractivity contribution in [1.82, 2.24) is 0 Å². The molecule has 0 radical (unpaired) electrons. The van der Waals surface area contributed by atoms with E-state index in [9.17, 15) is 0 Å². The van der Waals surface area contributed by atoms with Gasteiger partial charge in [-0.25, -0.2) is 0 Å². The van der Waals surface area contributed by atoms with Crippen molar-refractivity contribution in [3.8, 4) is 0 Å². The quantitative estimate of drug-likeness (QED) is 0.593. The van der Waals surface area contributed by atoms with E-state index in [0.717, 1.165) is 19.6 Å². The van der Waals surface area contributed by atoms with E-state index in [-0.39, 0.29) is 11.7 Å². The fourth-order valence-electron chi connectivity index (χ4n) is 3.47. The second kappa shape index (κ2) is 2.52. The molecule has 0 unspecified atom stereocenters. The first-order chi connectivity index (χ1) is 6.57. The zero-order valence-corrected chi connectivity index (χ0v) is 9.08. The van der Waals surface area contributed by atoms with E-state index in [2.05, 4.69) is 20.8 Å².